The van der Waals surface area contributed by atoms with Crippen molar-refractivity contribution in [3.8, 4) is 0 Å². The number of anilines is 1. The van der Waals surface area contributed by atoms with Crippen molar-refractivity contribution < 1.29 is 9.53 Å². The number of ether oxygens (including phenoxy) is 1. The molecular weight excluding hydrogens is 206 g/mol. The first kappa shape index (κ1) is 11.1. The summed E-state index contributed by atoms with van der Waals surface area (Å²) in [6.07, 6.45) is 7.23. The summed E-state index contributed by atoms with van der Waals surface area (Å²) in [5, 5.41) is 6.79. The molecule has 1 saturated heterocycles. The zero-order chi connectivity index (χ0) is 11.4. The lowest BCUT2D eigenvalue weighted by molar-refractivity contribution is -0.116. The molecule has 0 saturated carbocycles. The first-order valence-electron chi connectivity index (χ1n) is 5.64. The van der Waals surface area contributed by atoms with Gasteiger partial charge in [-0.1, -0.05) is 0 Å². The van der Waals surface area contributed by atoms with Crippen LogP contribution < -0.4 is 5.32 Å². The van der Waals surface area contributed by atoms with Crippen LogP contribution in [0.25, 0.3) is 0 Å². The highest BCUT2D eigenvalue weighted by Gasteiger charge is 2.16. The van der Waals surface area contributed by atoms with E-state index in [2.05, 4.69) is 10.4 Å². The van der Waals surface area contributed by atoms with Crippen LogP contribution in [0.1, 0.15) is 25.7 Å². The van der Waals surface area contributed by atoms with Crippen molar-refractivity contribution >= 4 is 11.6 Å². The largest absolute Gasteiger partial charge is 0.378 e. The number of hydrogen-bond donors (Lipinski definition) is 1. The molecule has 2 heterocycles. The first-order valence-corrected chi connectivity index (χ1v) is 5.64. The summed E-state index contributed by atoms with van der Waals surface area (Å²) in [4.78, 5) is 11.6. The molecule has 1 aliphatic rings. The maximum atomic E-state index is 11.6. The van der Waals surface area contributed by atoms with E-state index in [0.717, 1.165) is 31.6 Å². The second-order valence-electron chi connectivity index (χ2n) is 4.12. The van der Waals surface area contributed by atoms with E-state index in [1.54, 1.807) is 17.1 Å². The van der Waals surface area contributed by atoms with E-state index in [9.17, 15) is 4.79 Å². The fraction of sp³-hybridized carbons (Fsp3) is 0.636. The minimum Gasteiger partial charge on any atom is -0.378 e. The van der Waals surface area contributed by atoms with Crippen molar-refractivity contribution in [3.63, 3.8) is 0 Å². The molecule has 1 aromatic rings. The van der Waals surface area contributed by atoms with E-state index >= 15 is 0 Å². The van der Waals surface area contributed by atoms with Gasteiger partial charge >= 0.3 is 0 Å². The Morgan fingerprint density at radius 1 is 1.75 bits per heavy atom. The molecule has 5 heteroatoms. The summed E-state index contributed by atoms with van der Waals surface area (Å²) in [5.41, 5.74) is 0.750. The molecule has 1 aromatic heterocycles. The van der Waals surface area contributed by atoms with Crippen LogP contribution in [0.2, 0.25) is 0 Å². The maximum Gasteiger partial charge on any atom is 0.224 e. The number of aryl methyl sites for hydroxylation is 1. The summed E-state index contributed by atoms with van der Waals surface area (Å²) in [5.74, 6) is 0.0310. The highest BCUT2D eigenvalue weighted by atomic mass is 16.5. The highest BCUT2D eigenvalue weighted by molar-refractivity contribution is 5.90. The summed E-state index contributed by atoms with van der Waals surface area (Å²) < 4.78 is 7.12. The van der Waals surface area contributed by atoms with Crippen LogP contribution in [-0.2, 0) is 16.6 Å². The van der Waals surface area contributed by atoms with E-state index in [0.29, 0.717) is 6.42 Å². The molecule has 0 unspecified atom stereocenters. The van der Waals surface area contributed by atoms with Gasteiger partial charge < -0.3 is 10.1 Å². The molecule has 16 heavy (non-hydrogen) atoms. The van der Waals surface area contributed by atoms with Gasteiger partial charge in [-0.2, -0.15) is 5.10 Å². The minimum atomic E-state index is 0.0310. The summed E-state index contributed by atoms with van der Waals surface area (Å²) >= 11 is 0. The second-order valence-corrected chi connectivity index (χ2v) is 4.12. The third-order valence-corrected chi connectivity index (χ3v) is 2.71. The molecule has 0 bridgehead atoms. The highest BCUT2D eigenvalue weighted by Crippen LogP contribution is 2.17. The van der Waals surface area contributed by atoms with Gasteiger partial charge in [0, 0.05) is 26.3 Å². The molecule has 0 radical (unpaired) electrons. The van der Waals surface area contributed by atoms with Crippen LogP contribution in [0.15, 0.2) is 12.4 Å². The average molecular weight is 223 g/mol. The molecule has 1 aliphatic heterocycles. The SMILES string of the molecule is Cn1cc(NC(=O)CC[C@@H]2CCCO2)cn1. The minimum absolute atomic E-state index is 0.0310. The summed E-state index contributed by atoms with van der Waals surface area (Å²) in [7, 11) is 1.82. The Balaban J connectivity index is 1.71. The zero-order valence-electron chi connectivity index (χ0n) is 9.48. The number of hydrogen-bond acceptors (Lipinski definition) is 3. The van der Waals surface area contributed by atoms with E-state index in [1.807, 2.05) is 7.05 Å². The molecule has 1 atom stereocenters. The third-order valence-electron chi connectivity index (χ3n) is 2.71. The van der Waals surface area contributed by atoms with Crippen LogP contribution in [-0.4, -0.2) is 28.4 Å². The van der Waals surface area contributed by atoms with Gasteiger partial charge in [-0.3, -0.25) is 9.48 Å². The van der Waals surface area contributed by atoms with Crippen LogP contribution >= 0.6 is 0 Å². The van der Waals surface area contributed by atoms with Gasteiger partial charge in [0.15, 0.2) is 0 Å². The maximum absolute atomic E-state index is 11.6. The number of aromatic nitrogens is 2. The lowest BCUT2D eigenvalue weighted by Crippen LogP contribution is -2.14. The van der Waals surface area contributed by atoms with Gasteiger partial charge in [-0.15, -0.1) is 0 Å². The monoisotopic (exact) mass is 223 g/mol. The Labute approximate surface area is 94.8 Å². The van der Waals surface area contributed by atoms with Crippen LogP contribution in [0.5, 0.6) is 0 Å². The van der Waals surface area contributed by atoms with Crippen LogP contribution in [0, 0.1) is 0 Å². The molecule has 5 nitrogen and oxygen atoms in total. The molecule has 1 N–H and O–H groups in total. The van der Waals surface area contributed by atoms with E-state index in [-0.39, 0.29) is 12.0 Å². The fourth-order valence-corrected chi connectivity index (χ4v) is 1.87. The molecular formula is C11H17N3O2. The summed E-state index contributed by atoms with van der Waals surface area (Å²) in [6.45, 7) is 0.842. The Hall–Kier alpha value is -1.36. The fourth-order valence-electron chi connectivity index (χ4n) is 1.87. The van der Waals surface area contributed by atoms with Gasteiger partial charge in [0.25, 0.3) is 0 Å². The average Bonchev–Trinajstić information content (AvgIpc) is 2.87. The molecule has 2 rings (SSSR count). The molecule has 88 valence electrons. The second kappa shape index (κ2) is 5.12. The lowest BCUT2D eigenvalue weighted by Gasteiger charge is -2.08. The van der Waals surface area contributed by atoms with E-state index < -0.39 is 0 Å². The Kier molecular flexibility index (Phi) is 3.56. The lowest BCUT2D eigenvalue weighted by atomic mass is 10.1. The quantitative estimate of drug-likeness (QED) is 0.837. The number of carbonyl (C=O) groups excluding carboxylic acids is 1. The first-order chi connectivity index (χ1) is 7.74. The molecule has 0 aromatic carbocycles. The molecule has 0 spiro atoms. The zero-order valence-corrected chi connectivity index (χ0v) is 9.48. The van der Waals surface area contributed by atoms with Crippen molar-refractivity contribution in [2.45, 2.75) is 31.8 Å². The standard InChI is InChI=1S/C11H17N3O2/c1-14-8-9(7-12-14)13-11(15)5-4-10-3-2-6-16-10/h7-8,10H,2-6H2,1H3,(H,13,15)/t10-/m0/s1. The third kappa shape index (κ3) is 3.06. The normalized spacial score (nSPS) is 19.9. The smallest absolute Gasteiger partial charge is 0.224 e. The topological polar surface area (TPSA) is 56.2 Å². The van der Waals surface area contributed by atoms with Crippen LogP contribution in [0.3, 0.4) is 0 Å². The number of carbonyl (C=O) groups is 1. The van der Waals surface area contributed by atoms with Gasteiger partial charge in [0.2, 0.25) is 5.91 Å². The molecule has 1 amide bonds. The number of amides is 1. The van der Waals surface area contributed by atoms with Crippen molar-refractivity contribution in [2.75, 3.05) is 11.9 Å². The molecule has 1 fully saturated rings. The number of nitrogens with one attached hydrogen (secondary N) is 1. The predicted molar refractivity (Wildman–Crippen MR) is 60.0 cm³/mol. The summed E-state index contributed by atoms with van der Waals surface area (Å²) in [6, 6.07) is 0. The van der Waals surface area contributed by atoms with Gasteiger partial charge in [-0.05, 0) is 19.3 Å². The Morgan fingerprint density at radius 2 is 2.62 bits per heavy atom. The van der Waals surface area contributed by atoms with Crippen molar-refractivity contribution in [3.05, 3.63) is 12.4 Å². The number of rotatable bonds is 4. The van der Waals surface area contributed by atoms with Crippen molar-refractivity contribution in [2.24, 2.45) is 7.05 Å². The van der Waals surface area contributed by atoms with E-state index in [4.69, 9.17) is 4.74 Å². The van der Waals surface area contributed by atoms with Crippen LogP contribution in [0.4, 0.5) is 5.69 Å². The van der Waals surface area contributed by atoms with E-state index in [1.165, 1.54) is 0 Å². The van der Waals surface area contributed by atoms with Crippen molar-refractivity contribution in [1.82, 2.24) is 9.78 Å². The predicted octanol–water partition coefficient (Wildman–Crippen LogP) is 1.32. The number of nitrogens with zero attached hydrogens (tertiary/aromatic N) is 2. The Morgan fingerprint density at radius 3 is 3.25 bits per heavy atom. The van der Waals surface area contributed by atoms with Crippen molar-refractivity contribution in [1.29, 1.82) is 0 Å². The van der Waals surface area contributed by atoms with Gasteiger partial charge in [0.1, 0.15) is 0 Å². The van der Waals surface area contributed by atoms with Gasteiger partial charge in [-0.25, -0.2) is 0 Å². The van der Waals surface area contributed by atoms with Gasteiger partial charge in [0.05, 0.1) is 18.0 Å². The molecule has 0 aliphatic carbocycles. The Bertz CT molecular complexity index is 356.